The molecule has 1 saturated carbocycles. The summed E-state index contributed by atoms with van der Waals surface area (Å²) in [5.74, 6) is 0.455. The van der Waals surface area contributed by atoms with Gasteiger partial charge in [-0.25, -0.2) is 4.98 Å². The first-order valence-corrected chi connectivity index (χ1v) is 6.01. The Hall–Kier alpha value is -1.42. The molecular weight excluding hydrogens is 214 g/mol. The van der Waals surface area contributed by atoms with Crippen molar-refractivity contribution in [1.82, 2.24) is 9.88 Å². The van der Waals surface area contributed by atoms with Gasteiger partial charge in [0.2, 0.25) is 0 Å². The lowest BCUT2D eigenvalue weighted by atomic mass is 9.86. The largest absolute Gasteiger partial charge is 0.383 e. The Morgan fingerprint density at radius 3 is 2.59 bits per heavy atom. The van der Waals surface area contributed by atoms with E-state index in [9.17, 15) is 4.79 Å². The summed E-state index contributed by atoms with van der Waals surface area (Å²) in [6.07, 6.45) is 5.64. The minimum atomic E-state index is -0.378. The number of nitrogens with zero attached hydrogens (tertiary/aromatic N) is 2. The highest BCUT2D eigenvalue weighted by Crippen LogP contribution is 2.37. The average Bonchev–Trinajstić information content (AvgIpc) is 2.79. The molecule has 1 aromatic heterocycles. The van der Waals surface area contributed by atoms with Gasteiger partial charge in [0.05, 0.1) is 11.1 Å². The summed E-state index contributed by atoms with van der Waals surface area (Å²) in [6.45, 7) is 0. The second kappa shape index (κ2) is 4.45. The van der Waals surface area contributed by atoms with E-state index in [0.29, 0.717) is 11.4 Å². The van der Waals surface area contributed by atoms with Crippen LogP contribution in [0.1, 0.15) is 36.0 Å². The third kappa shape index (κ3) is 1.93. The third-order valence-corrected chi connectivity index (χ3v) is 3.79. The number of aromatic nitrogens is 1. The van der Waals surface area contributed by atoms with Crippen LogP contribution in [-0.2, 0) is 0 Å². The predicted octanol–water partition coefficient (Wildman–Crippen LogP) is 1.72. The smallest absolute Gasteiger partial charge is 0.186 e. The summed E-state index contributed by atoms with van der Waals surface area (Å²) in [5, 5.41) is 0. The van der Waals surface area contributed by atoms with E-state index in [1.165, 1.54) is 0 Å². The van der Waals surface area contributed by atoms with Gasteiger partial charge in [0, 0.05) is 6.20 Å². The summed E-state index contributed by atoms with van der Waals surface area (Å²) in [7, 11) is 3.94. The molecule has 2 rings (SSSR count). The molecule has 1 aliphatic rings. The third-order valence-electron chi connectivity index (χ3n) is 3.79. The fraction of sp³-hybridized carbons (Fsp3) is 0.538. The van der Waals surface area contributed by atoms with Crippen molar-refractivity contribution in [3.63, 3.8) is 0 Å². The molecule has 0 amide bonds. The number of nitrogen functional groups attached to an aromatic ring is 1. The topological polar surface area (TPSA) is 59.2 Å². The molecule has 4 nitrogen and oxygen atoms in total. The van der Waals surface area contributed by atoms with E-state index < -0.39 is 0 Å². The highest BCUT2D eigenvalue weighted by molar-refractivity contribution is 6.06. The molecule has 0 saturated heterocycles. The molecule has 0 aliphatic heterocycles. The molecule has 1 heterocycles. The quantitative estimate of drug-likeness (QED) is 0.808. The summed E-state index contributed by atoms with van der Waals surface area (Å²) in [5.41, 5.74) is 5.98. The molecule has 0 aromatic carbocycles. The van der Waals surface area contributed by atoms with Gasteiger partial charge < -0.3 is 5.73 Å². The Balaban J connectivity index is 2.39. The number of ketones is 1. The second-order valence-corrected chi connectivity index (χ2v) is 4.90. The predicted molar refractivity (Wildman–Crippen MR) is 67.9 cm³/mol. The van der Waals surface area contributed by atoms with Crippen molar-refractivity contribution in [3.05, 3.63) is 23.9 Å². The van der Waals surface area contributed by atoms with Gasteiger partial charge in [-0.1, -0.05) is 12.8 Å². The van der Waals surface area contributed by atoms with Gasteiger partial charge in [0.1, 0.15) is 5.82 Å². The monoisotopic (exact) mass is 233 g/mol. The highest BCUT2D eigenvalue weighted by atomic mass is 16.1. The second-order valence-electron chi connectivity index (χ2n) is 4.90. The first kappa shape index (κ1) is 12.0. The molecule has 0 atom stereocenters. The van der Waals surface area contributed by atoms with Crippen LogP contribution in [0.5, 0.6) is 0 Å². The zero-order chi connectivity index (χ0) is 12.5. The SMILES string of the molecule is CN(C)C1(C(=O)c2cccnc2N)CCCC1. The first-order chi connectivity index (χ1) is 8.08. The maximum atomic E-state index is 12.7. The fourth-order valence-electron chi connectivity index (χ4n) is 2.70. The number of anilines is 1. The molecule has 92 valence electrons. The van der Waals surface area contributed by atoms with Crippen LogP contribution in [0.15, 0.2) is 18.3 Å². The molecule has 2 N–H and O–H groups in total. The molecule has 17 heavy (non-hydrogen) atoms. The van der Waals surface area contributed by atoms with Gasteiger partial charge in [-0.05, 0) is 39.1 Å². The number of Topliss-reactive ketones (excluding diaryl/α,β-unsaturated/α-hetero) is 1. The Morgan fingerprint density at radius 1 is 1.41 bits per heavy atom. The van der Waals surface area contributed by atoms with Crippen LogP contribution in [0, 0.1) is 0 Å². The van der Waals surface area contributed by atoms with Gasteiger partial charge in [-0.3, -0.25) is 9.69 Å². The lowest BCUT2D eigenvalue weighted by Gasteiger charge is -2.34. The number of hydrogen-bond donors (Lipinski definition) is 1. The van der Waals surface area contributed by atoms with Crippen molar-refractivity contribution < 1.29 is 4.79 Å². The summed E-state index contributed by atoms with van der Waals surface area (Å²) in [6, 6.07) is 3.54. The van der Waals surface area contributed by atoms with Gasteiger partial charge in [-0.2, -0.15) is 0 Å². The molecule has 4 heteroatoms. The summed E-state index contributed by atoms with van der Waals surface area (Å²) >= 11 is 0. The first-order valence-electron chi connectivity index (χ1n) is 6.01. The van der Waals surface area contributed by atoms with E-state index in [-0.39, 0.29) is 11.3 Å². The van der Waals surface area contributed by atoms with Crippen LogP contribution in [-0.4, -0.2) is 35.3 Å². The van der Waals surface area contributed by atoms with Gasteiger partial charge in [-0.15, -0.1) is 0 Å². The van der Waals surface area contributed by atoms with Crippen LogP contribution >= 0.6 is 0 Å². The molecule has 1 aromatic rings. The molecule has 1 aliphatic carbocycles. The van der Waals surface area contributed by atoms with Gasteiger partial charge in [0.15, 0.2) is 5.78 Å². The molecule has 0 spiro atoms. The fourth-order valence-corrected chi connectivity index (χ4v) is 2.70. The van der Waals surface area contributed by atoms with Crippen molar-refractivity contribution in [2.24, 2.45) is 0 Å². The number of carbonyl (C=O) groups excluding carboxylic acids is 1. The maximum Gasteiger partial charge on any atom is 0.186 e. The van der Waals surface area contributed by atoms with Gasteiger partial charge in [0.25, 0.3) is 0 Å². The standard InChI is InChI=1S/C13H19N3O/c1-16(2)13(7-3-4-8-13)11(17)10-6-5-9-15-12(10)14/h5-6,9H,3-4,7-8H2,1-2H3,(H2,14,15). The summed E-state index contributed by atoms with van der Waals surface area (Å²) in [4.78, 5) is 18.7. The lowest BCUT2D eigenvalue weighted by Crippen LogP contribution is -2.49. The number of rotatable bonds is 3. The van der Waals surface area contributed by atoms with E-state index >= 15 is 0 Å². The number of nitrogens with two attached hydrogens (primary N) is 1. The molecule has 1 fully saturated rings. The minimum Gasteiger partial charge on any atom is -0.383 e. The van der Waals surface area contributed by atoms with E-state index in [1.54, 1.807) is 18.3 Å². The normalized spacial score (nSPS) is 18.5. The Labute approximate surface area is 102 Å². The van der Waals surface area contributed by atoms with E-state index in [2.05, 4.69) is 4.98 Å². The van der Waals surface area contributed by atoms with E-state index in [1.807, 2.05) is 19.0 Å². The number of hydrogen-bond acceptors (Lipinski definition) is 4. The zero-order valence-electron chi connectivity index (χ0n) is 10.4. The van der Waals surface area contributed by atoms with Crippen LogP contribution in [0.2, 0.25) is 0 Å². The molecular formula is C13H19N3O. The minimum absolute atomic E-state index is 0.116. The van der Waals surface area contributed by atoms with Crippen LogP contribution in [0.3, 0.4) is 0 Å². The van der Waals surface area contributed by atoms with Crippen molar-refractivity contribution in [2.75, 3.05) is 19.8 Å². The van der Waals surface area contributed by atoms with Crippen molar-refractivity contribution in [1.29, 1.82) is 0 Å². The Kier molecular flexibility index (Phi) is 3.15. The maximum absolute atomic E-state index is 12.7. The zero-order valence-corrected chi connectivity index (χ0v) is 10.4. The average molecular weight is 233 g/mol. The van der Waals surface area contributed by atoms with Gasteiger partial charge >= 0.3 is 0 Å². The van der Waals surface area contributed by atoms with Crippen LogP contribution in [0.4, 0.5) is 5.82 Å². The molecule has 0 bridgehead atoms. The van der Waals surface area contributed by atoms with E-state index in [4.69, 9.17) is 5.73 Å². The van der Waals surface area contributed by atoms with Crippen molar-refractivity contribution in [3.8, 4) is 0 Å². The molecule has 0 radical (unpaired) electrons. The Bertz CT molecular complexity index is 422. The summed E-state index contributed by atoms with van der Waals surface area (Å²) < 4.78 is 0. The van der Waals surface area contributed by atoms with Crippen molar-refractivity contribution in [2.45, 2.75) is 31.2 Å². The van der Waals surface area contributed by atoms with Crippen molar-refractivity contribution >= 4 is 11.6 Å². The number of carbonyl (C=O) groups is 1. The highest BCUT2D eigenvalue weighted by Gasteiger charge is 2.43. The lowest BCUT2D eigenvalue weighted by molar-refractivity contribution is 0.0694. The molecule has 0 unspecified atom stereocenters. The number of pyridine rings is 1. The van der Waals surface area contributed by atoms with E-state index in [0.717, 1.165) is 25.7 Å². The number of likely N-dealkylation sites (N-methyl/N-ethyl adjacent to an activating group) is 1. The van der Waals surface area contributed by atoms with Crippen LogP contribution in [0.25, 0.3) is 0 Å². The van der Waals surface area contributed by atoms with Crippen LogP contribution < -0.4 is 5.73 Å². The Morgan fingerprint density at radius 2 is 2.06 bits per heavy atom.